The molecule has 0 saturated carbocycles. The molecule has 2 nitrogen and oxygen atoms in total. The van der Waals surface area contributed by atoms with Gasteiger partial charge in [0.15, 0.2) is 0 Å². The molecule has 1 unspecified atom stereocenters. The zero-order valence-corrected chi connectivity index (χ0v) is 9.50. The lowest BCUT2D eigenvalue weighted by molar-refractivity contribution is 0.410. The van der Waals surface area contributed by atoms with Crippen molar-refractivity contribution in [2.45, 2.75) is 26.3 Å². The van der Waals surface area contributed by atoms with Gasteiger partial charge >= 0.3 is 0 Å². The molecule has 1 rings (SSSR count). The molecule has 0 aliphatic carbocycles. The van der Waals surface area contributed by atoms with Crippen molar-refractivity contribution in [3.63, 3.8) is 0 Å². The van der Waals surface area contributed by atoms with Crippen LogP contribution >= 0.6 is 0 Å². The summed E-state index contributed by atoms with van der Waals surface area (Å²) in [5, 5.41) is 0. The predicted octanol–water partition coefficient (Wildman–Crippen LogP) is 2.42. The summed E-state index contributed by atoms with van der Waals surface area (Å²) in [6.45, 7) is 3.84. The zero-order valence-electron chi connectivity index (χ0n) is 9.50. The van der Waals surface area contributed by atoms with Gasteiger partial charge in [0.25, 0.3) is 0 Å². The summed E-state index contributed by atoms with van der Waals surface area (Å²) in [4.78, 5) is 0. The third kappa shape index (κ3) is 3.00. The van der Waals surface area contributed by atoms with Crippen molar-refractivity contribution in [3.8, 4) is 17.6 Å². The van der Waals surface area contributed by atoms with Crippen molar-refractivity contribution in [3.05, 3.63) is 29.3 Å². The van der Waals surface area contributed by atoms with Gasteiger partial charge < -0.3 is 10.5 Å². The standard InChI is InChI=1S/C13H17NO/c1-4-5-6-12(14)11-8-7-10(2)13(9-11)15-3/h7-9,12H,6,14H2,1-3H3. The van der Waals surface area contributed by atoms with E-state index in [-0.39, 0.29) is 6.04 Å². The normalized spacial score (nSPS) is 11.5. The monoisotopic (exact) mass is 203 g/mol. The maximum atomic E-state index is 6.00. The highest BCUT2D eigenvalue weighted by atomic mass is 16.5. The van der Waals surface area contributed by atoms with E-state index >= 15 is 0 Å². The molecule has 0 fully saturated rings. The van der Waals surface area contributed by atoms with E-state index in [9.17, 15) is 0 Å². The molecule has 1 aromatic carbocycles. The van der Waals surface area contributed by atoms with Gasteiger partial charge in [-0.2, -0.15) is 0 Å². The quantitative estimate of drug-likeness (QED) is 0.766. The van der Waals surface area contributed by atoms with E-state index in [4.69, 9.17) is 10.5 Å². The van der Waals surface area contributed by atoms with Crippen LogP contribution in [0.2, 0.25) is 0 Å². The van der Waals surface area contributed by atoms with Gasteiger partial charge in [0.05, 0.1) is 7.11 Å². The highest BCUT2D eigenvalue weighted by Crippen LogP contribution is 2.23. The fraction of sp³-hybridized carbons (Fsp3) is 0.385. The minimum Gasteiger partial charge on any atom is -0.496 e. The van der Waals surface area contributed by atoms with Gasteiger partial charge in [-0.05, 0) is 31.0 Å². The minimum atomic E-state index is -0.0352. The number of rotatable bonds is 3. The van der Waals surface area contributed by atoms with Crippen LogP contribution in [0.25, 0.3) is 0 Å². The second-order valence-electron chi connectivity index (χ2n) is 3.47. The number of hydrogen-bond donors (Lipinski definition) is 1. The van der Waals surface area contributed by atoms with Crippen LogP contribution < -0.4 is 10.5 Å². The van der Waals surface area contributed by atoms with E-state index in [0.717, 1.165) is 16.9 Å². The SMILES string of the molecule is CC#CCC(N)c1ccc(C)c(OC)c1. The highest BCUT2D eigenvalue weighted by molar-refractivity contribution is 5.38. The van der Waals surface area contributed by atoms with Crippen molar-refractivity contribution in [2.24, 2.45) is 5.73 Å². The molecule has 0 aromatic heterocycles. The molecule has 0 aliphatic rings. The van der Waals surface area contributed by atoms with Gasteiger partial charge in [-0.3, -0.25) is 0 Å². The third-order valence-corrected chi connectivity index (χ3v) is 2.36. The Morgan fingerprint density at radius 3 is 2.80 bits per heavy atom. The lowest BCUT2D eigenvalue weighted by Gasteiger charge is -2.11. The molecule has 0 bridgehead atoms. The van der Waals surface area contributed by atoms with Gasteiger partial charge in [-0.25, -0.2) is 0 Å². The molecule has 1 aromatic rings. The maximum absolute atomic E-state index is 6.00. The topological polar surface area (TPSA) is 35.2 Å². The molecule has 0 saturated heterocycles. The van der Waals surface area contributed by atoms with Crippen molar-refractivity contribution in [1.82, 2.24) is 0 Å². The number of hydrogen-bond acceptors (Lipinski definition) is 2. The number of nitrogens with two attached hydrogens (primary N) is 1. The fourth-order valence-electron chi connectivity index (χ4n) is 1.40. The van der Waals surface area contributed by atoms with E-state index in [1.807, 2.05) is 32.0 Å². The molecule has 15 heavy (non-hydrogen) atoms. The fourth-order valence-corrected chi connectivity index (χ4v) is 1.40. The van der Waals surface area contributed by atoms with E-state index in [0.29, 0.717) is 6.42 Å². The second kappa shape index (κ2) is 5.43. The van der Waals surface area contributed by atoms with Crippen molar-refractivity contribution in [1.29, 1.82) is 0 Å². The molecule has 0 radical (unpaired) electrons. The zero-order chi connectivity index (χ0) is 11.3. The van der Waals surface area contributed by atoms with E-state index in [2.05, 4.69) is 11.8 Å². The van der Waals surface area contributed by atoms with Gasteiger partial charge in [0, 0.05) is 12.5 Å². The van der Waals surface area contributed by atoms with Crippen LogP contribution in [-0.4, -0.2) is 7.11 Å². The molecular formula is C13H17NO. The number of methoxy groups -OCH3 is 1. The molecule has 0 amide bonds. The molecule has 80 valence electrons. The lowest BCUT2D eigenvalue weighted by atomic mass is 10.0. The first kappa shape index (κ1) is 11.6. The Bertz CT molecular complexity index is 387. The summed E-state index contributed by atoms with van der Waals surface area (Å²) >= 11 is 0. The predicted molar refractivity (Wildman–Crippen MR) is 62.7 cm³/mol. The Hall–Kier alpha value is -1.46. The second-order valence-corrected chi connectivity index (χ2v) is 3.47. The molecule has 2 N–H and O–H groups in total. The average Bonchev–Trinajstić information content (AvgIpc) is 2.26. The Balaban J connectivity index is 2.88. The van der Waals surface area contributed by atoms with Gasteiger partial charge in [0.1, 0.15) is 5.75 Å². The molecule has 0 aliphatic heterocycles. The summed E-state index contributed by atoms with van der Waals surface area (Å²) < 4.78 is 5.25. The van der Waals surface area contributed by atoms with Gasteiger partial charge in [-0.15, -0.1) is 11.8 Å². The number of aryl methyl sites for hydroxylation is 1. The largest absolute Gasteiger partial charge is 0.496 e. The van der Waals surface area contributed by atoms with Crippen LogP contribution in [-0.2, 0) is 0 Å². The van der Waals surface area contributed by atoms with Crippen molar-refractivity contribution < 1.29 is 4.74 Å². The summed E-state index contributed by atoms with van der Waals surface area (Å²) in [6, 6.07) is 6.00. The number of ether oxygens (including phenoxy) is 1. The summed E-state index contributed by atoms with van der Waals surface area (Å²) in [5.74, 6) is 6.71. The Morgan fingerprint density at radius 2 is 2.20 bits per heavy atom. The molecule has 2 heteroatoms. The van der Waals surface area contributed by atoms with E-state index in [1.54, 1.807) is 7.11 Å². The van der Waals surface area contributed by atoms with Gasteiger partial charge in [0.2, 0.25) is 0 Å². The molecule has 0 spiro atoms. The molecule has 0 heterocycles. The van der Waals surface area contributed by atoms with Crippen LogP contribution in [0.3, 0.4) is 0 Å². The van der Waals surface area contributed by atoms with Crippen molar-refractivity contribution >= 4 is 0 Å². The minimum absolute atomic E-state index is 0.0352. The smallest absolute Gasteiger partial charge is 0.122 e. The van der Waals surface area contributed by atoms with Crippen LogP contribution in [0, 0.1) is 18.8 Å². The highest BCUT2D eigenvalue weighted by Gasteiger charge is 2.06. The lowest BCUT2D eigenvalue weighted by Crippen LogP contribution is -2.09. The summed E-state index contributed by atoms with van der Waals surface area (Å²) in [6.07, 6.45) is 0.683. The summed E-state index contributed by atoms with van der Waals surface area (Å²) in [5.41, 5.74) is 8.19. The molecular weight excluding hydrogens is 186 g/mol. The number of benzene rings is 1. The van der Waals surface area contributed by atoms with E-state index in [1.165, 1.54) is 0 Å². The first-order valence-corrected chi connectivity index (χ1v) is 4.98. The first-order chi connectivity index (χ1) is 7.19. The van der Waals surface area contributed by atoms with E-state index < -0.39 is 0 Å². The van der Waals surface area contributed by atoms with Crippen LogP contribution in [0.15, 0.2) is 18.2 Å². The molecule has 1 atom stereocenters. The Kier molecular flexibility index (Phi) is 4.20. The van der Waals surface area contributed by atoms with Crippen LogP contribution in [0.5, 0.6) is 5.75 Å². The van der Waals surface area contributed by atoms with Crippen molar-refractivity contribution in [2.75, 3.05) is 7.11 Å². The Morgan fingerprint density at radius 1 is 1.47 bits per heavy atom. The summed E-state index contributed by atoms with van der Waals surface area (Å²) in [7, 11) is 1.67. The van der Waals surface area contributed by atoms with Crippen LogP contribution in [0.4, 0.5) is 0 Å². The first-order valence-electron chi connectivity index (χ1n) is 4.98. The third-order valence-electron chi connectivity index (χ3n) is 2.36. The van der Waals surface area contributed by atoms with Gasteiger partial charge in [-0.1, -0.05) is 12.1 Å². The average molecular weight is 203 g/mol. The van der Waals surface area contributed by atoms with Crippen LogP contribution in [0.1, 0.15) is 30.5 Å². The maximum Gasteiger partial charge on any atom is 0.122 e. The Labute approximate surface area is 91.4 Å².